The molecule has 19 heavy (non-hydrogen) atoms. The summed E-state index contributed by atoms with van der Waals surface area (Å²) in [6.07, 6.45) is 3.40. The predicted octanol–water partition coefficient (Wildman–Crippen LogP) is 2.39. The fourth-order valence-electron chi connectivity index (χ4n) is 1.77. The maximum Gasteiger partial charge on any atom is 0.271 e. The van der Waals surface area contributed by atoms with Crippen LogP contribution in [0.4, 0.5) is 5.13 Å². The summed E-state index contributed by atoms with van der Waals surface area (Å²) in [5.41, 5.74) is 0.780. The van der Waals surface area contributed by atoms with E-state index >= 15 is 0 Å². The Labute approximate surface area is 117 Å². The Morgan fingerprint density at radius 1 is 1.42 bits per heavy atom. The molecule has 3 aromatic heterocycles. The number of aromatic nitrogens is 3. The van der Waals surface area contributed by atoms with Crippen molar-refractivity contribution in [3.05, 3.63) is 39.2 Å². The molecule has 0 amide bonds. The Morgan fingerprint density at radius 3 is 3.16 bits per heavy atom. The maximum atomic E-state index is 12.2. The van der Waals surface area contributed by atoms with Crippen molar-refractivity contribution in [2.24, 2.45) is 0 Å². The van der Waals surface area contributed by atoms with E-state index < -0.39 is 0 Å². The topological polar surface area (TPSA) is 59.8 Å². The molecule has 0 aliphatic rings. The smallest absolute Gasteiger partial charge is 0.271 e. The molecule has 1 N–H and O–H groups in total. The van der Waals surface area contributed by atoms with Gasteiger partial charge in [0.2, 0.25) is 0 Å². The lowest BCUT2D eigenvalue weighted by Crippen LogP contribution is -2.19. The minimum absolute atomic E-state index is 0.0124. The molecular formula is C12H12N4OS2. The summed E-state index contributed by atoms with van der Waals surface area (Å²) in [4.78, 5) is 21.8. The van der Waals surface area contributed by atoms with Crippen LogP contribution in [0.5, 0.6) is 0 Å². The van der Waals surface area contributed by atoms with Gasteiger partial charge >= 0.3 is 0 Å². The molecule has 0 fully saturated rings. The number of nitrogens with one attached hydrogen (secondary N) is 1. The quantitative estimate of drug-likeness (QED) is 0.802. The number of anilines is 1. The van der Waals surface area contributed by atoms with Crippen LogP contribution >= 0.6 is 22.7 Å². The maximum absolute atomic E-state index is 12.2. The van der Waals surface area contributed by atoms with Crippen LogP contribution < -0.4 is 10.9 Å². The highest BCUT2D eigenvalue weighted by molar-refractivity contribution is 7.17. The van der Waals surface area contributed by atoms with E-state index in [1.165, 1.54) is 11.3 Å². The Morgan fingerprint density at radius 2 is 2.32 bits per heavy atom. The van der Waals surface area contributed by atoms with Gasteiger partial charge in [0, 0.05) is 17.6 Å². The van der Waals surface area contributed by atoms with Crippen LogP contribution in [0.25, 0.3) is 10.2 Å². The van der Waals surface area contributed by atoms with Gasteiger partial charge in [-0.25, -0.2) is 9.97 Å². The van der Waals surface area contributed by atoms with E-state index in [1.807, 2.05) is 18.4 Å². The molecule has 3 aromatic rings. The standard InChI is InChI=1S/C12H12N4OS2/c1-2-13-12-14-5-8(19-12)6-16-7-15-9-3-4-18-10(9)11(16)17/h3-5,7H,2,6H2,1H3,(H,13,14). The van der Waals surface area contributed by atoms with E-state index in [2.05, 4.69) is 15.3 Å². The van der Waals surface area contributed by atoms with Crippen LogP contribution in [0.2, 0.25) is 0 Å². The third-order valence-corrected chi connectivity index (χ3v) is 4.47. The van der Waals surface area contributed by atoms with E-state index in [0.29, 0.717) is 11.2 Å². The van der Waals surface area contributed by atoms with Gasteiger partial charge in [0.15, 0.2) is 5.13 Å². The molecule has 0 unspecified atom stereocenters. The minimum atomic E-state index is 0.0124. The number of nitrogens with zero attached hydrogens (tertiary/aromatic N) is 3. The van der Waals surface area contributed by atoms with Crippen molar-refractivity contribution in [3.63, 3.8) is 0 Å². The van der Waals surface area contributed by atoms with E-state index in [0.717, 1.165) is 22.1 Å². The Hall–Kier alpha value is -1.73. The van der Waals surface area contributed by atoms with Gasteiger partial charge in [0.1, 0.15) is 4.70 Å². The summed E-state index contributed by atoms with van der Waals surface area (Å²) in [5, 5.41) is 5.93. The molecule has 7 heteroatoms. The van der Waals surface area contributed by atoms with Crippen molar-refractivity contribution >= 4 is 38.0 Å². The van der Waals surface area contributed by atoms with Crippen LogP contribution in [0.3, 0.4) is 0 Å². The second kappa shape index (κ2) is 5.10. The molecule has 0 atom stereocenters. The Balaban J connectivity index is 1.91. The summed E-state index contributed by atoms with van der Waals surface area (Å²) in [6, 6.07) is 1.86. The Bertz CT molecular complexity index is 758. The SMILES string of the molecule is CCNc1ncc(Cn2cnc3ccsc3c2=O)s1. The summed E-state index contributed by atoms with van der Waals surface area (Å²) in [5.74, 6) is 0. The van der Waals surface area contributed by atoms with Crippen LogP contribution in [0.15, 0.2) is 28.8 Å². The van der Waals surface area contributed by atoms with Crippen molar-refractivity contribution < 1.29 is 0 Å². The third-order valence-electron chi connectivity index (χ3n) is 2.64. The second-order valence-electron chi connectivity index (χ2n) is 3.97. The third kappa shape index (κ3) is 2.39. The van der Waals surface area contributed by atoms with Gasteiger partial charge in [0.25, 0.3) is 5.56 Å². The first-order valence-corrected chi connectivity index (χ1v) is 7.58. The van der Waals surface area contributed by atoms with Gasteiger partial charge < -0.3 is 5.32 Å². The highest BCUT2D eigenvalue weighted by Crippen LogP contribution is 2.19. The van der Waals surface area contributed by atoms with E-state index in [1.54, 1.807) is 28.4 Å². The van der Waals surface area contributed by atoms with Gasteiger partial charge in [-0.15, -0.1) is 22.7 Å². The second-order valence-corrected chi connectivity index (χ2v) is 6.01. The first-order valence-electron chi connectivity index (χ1n) is 5.89. The number of hydrogen-bond donors (Lipinski definition) is 1. The van der Waals surface area contributed by atoms with Gasteiger partial charge in [-0.1, -0.05) is 0 Å². The normalized spacial score (nSPS) is 11.0. The molecule has 0 aromatic carbocycles. The number of rotatable bonds is 4. The zero-order valence-electron chi connectivity index (χ0n) is 10.3. The van der Waals surface area contributed by atoms with Crippen LogP contribution in [0, 0.1) is 0 Å². The van der Waals surface area contributed by atoms with Crippen LogP contribution in [-0.2, 0) is 6.54 Å². The average Bonchev–Trinajstić information content (AvgIpc) is 3.03. The van der Waals surface area contributed by atoms with Gasteiger partial charge in [-0.2, -0.15) is 0 Å². The van der Waals surface area contributed by atoms with Gasteiger partial charge in [-0.3, -0.25) is 9.36 Å². The molecule has 0 bridgehead atoms. The number of hydrogen-bond acceptors (Lipinski definition) is 6. The van der Waals surface area contributed by atoms with Crippen LogP contribution in [-0.4, -0.2) is 21.1 Å². The molecule has 3 rings (SSSR count). The highest BCUT2D eigenvalue weighted by atomic mass is 32.1. The predicted molar refractivity (Wildman–Crippen MR) is 79.3 cm³/mol. The lowest BCUT2D eigenvalue weighted by molar-refractivity contribution is 0.758. The number of thiazole rings is 1. The summed E-state index contributed by atoms with van der Waals surface area (Å²) >= 11 is 2.99. The van der Waals surface area contributed by atoms with Crippen molar-refractivity contribution in [1.82, 2.24) is 14.5 Å². The number of fused-ring (bicyclic) bond motifs is 1. The lowest BCUT2D eigenvalue weighted by atomic mass is 10.4. The Kier molecular flexibility index (Phi) is 3.31. The molecular weight excluding hydrogens is 280 g/mol. The molecule has 5 nitrogen and oxygen atoms in total. The van der Waals surface area contributed by atoms with Crippen LogP contribution in [0.1, 0.15) is 11.8 Å². The zero-order valence-corrected chi connectivity index (χ0v) is 11.9. The van der Waals surface area contributed by atoms with E-state index in [9.17, 15) is 4.79 Å². The van der Waals surface area contributed by atoms with Gasteiger partial charge in [0.05, 0.1) is 18.4 Å². The van der Waals surface area contributed by atoms with Gasteiger partial charge in [-0.05, 0) is 18.4 Å². The largest absolute Gasteiger partial charge is 0.362 e. The van der Waals surface area contributed by atoms with Crippen molar-refractivity contribution in [1.29, 1.82) is 0 Å². The molecule has 0 radical (unpaired) electrons. The molecule has 0 aliphatic carbocycles. The molecule has 3 heterocycles. The van der Waals surface area contributed by atoms with Crippen molar-refractivity contribution in [3.8, 4) is 0 Å². The first kappa shape index (κ1) is 12.3. The zero-order chi connectivity index (χ0) is 13.2. The summed E-state index contributed by atoms with van der Waals surface area (Å²) in [7, 11) is 0. The van der Waals surface area contributed by atoms with Crippen molar-refractivity contribution in [2.75, 3.05) is 11.9 Å². The lowest BCUT2D eigenvalue weighted by Gasteiger charge is -2.02. The van der Waals surface area contributed by atoms with E-state index in [4.69, 9.17) is 0 Å². The number of thiophene rings is 1. The van der Waals surface area contributed by atoms with E-state index in [-0.39, 0.29) is 5.56 Å². The highest BCUT2D eigenvalue weighted by Gasteiger charge is 2.07. The monoisotopic (exact) mass is 292 g/mol. The fourth-order valence-corrected chi connectivity index (χ4v) is 3.44. The first-order chi connectivity index (χ1) is 9.28. The molecule has 0 saturated carbocycles. The molecule has 98 valence electrons. The molecule has 0 saturated heterocycles. The summed E-state index contributed by atoms with van der Waals surface area (Å²) in [6.45, 7) is 3.39. The van der Waals surface area contributed by atoms with Crippen molar-refractivity contribution in [2.45, 2.75) is 13.5 Å². The average molecular weight is 292 g/mol. The fraction of sp³-hybridized carbons (Fsp3) is 0.250. The minimum Gasteiger partial charge on any atom is -0.362 e. The molecule has 0 aliphatic heterocycles. The molecule has 0 spiro atoms. The summed E-state index contributed by atoms with van der Waals surface area (Å²) < 4.78 is 2.33.